The molecule has 0 fully saturated rings. The number of aromatic nitrogens is 2. The van der Waals surface area contributed by atoms with E-state index >= 15 is 0 Å². The Kier molecular flexibility index (Phi) is 3.81. The zero-order chi connectivity index (χ0) is 12.3. The van der Waals surface area contributed by atoms with Crippen molar-refractivity contribution in [3.63, 3.8) is 0 Å². The largest absolute Gasteiger partial charge is 0.322 e. The van der Waals surface area contributed by atoms with Crippen LogP contribution in [0.3, 0.4) is 0 Å². The third kappa shape index (κ3) is 2.87. The Bertz CT molecular complexity index is 504. The maximum Gasteiger partial charge on any atom is 0.137 e. The van der Waals surface area contributed by atoms with Crippen molar-refractivity contribution in [2.24, 2.45) is 5.73 Å². The van der Waals surface area contributed by atoms with E-state index in [1.54, 1.807) is 18.3 Å². The summed E-state index contributed by atoms with van der Waals surface area (Å²) in [4.78, 5) is 7.91. The van der Waals surface area contributed by atoms with Crippen molar-refractivity contribution < 1.29 is 4.39 Å². The number of hydrogen-bond donors (Lipinski definition) is 1. The van der Waals surface area contributed by atoms with Crippen molar-refractivity contribution >= 4 is 15.9 Å². The molecule has 0 saturated heterocycles. The zero-order valence-electron chi connectivity index (χ0n) is 8.98. The molecule has 3 nitrogen and oxygen atoms in total. The molecule has 1 unspecified atom stereocenters. The van der Waals surface area contributed by atoms with Crippen LogP contribution in [-0.4, -0.2) is 9.97 Å². The molecular formula is C12H11BrFN3. The van der Waals surface area contributed by atoms with Crippen molar-refractivity contribution in [1.29, 1.82) is 0 Å². The summed E-state index contributed by atoms with van der Waals surface area (Å²) in [5, 5.41) is 0. The highest BCUT2D eigenvalue weighted by Crippen LogP contribution is 2.24. The molecule has 1 heterocycles. The quantitative estimate of drug-likeness (QED) is 0.947. The highest BCUT2D eigenvalue weighted by Gasteiger charge is 2.12. The molecule has 1 aromatic carbocycles. The molecule has 0 amide bonds. The van der Waals surface area contributed by atoms with Gasteiger partial charge in [-0.05, 0) is 40.0 Å². The van der Waals surface area contributed by atoms with Crippen LogP contribution in [0.5, 0.6) is 0 Å². The first-order valence-electron chi connectivity index (χ1n) is 5.13. The van der Waals surface area contributed by atoms with Crippen LogP contribution in [0.4, 0.5) is 4.39 Å². The van der Waals surface area contributed by atoms with Crippen LogP contribution in [-0.2, 0) is 6.42 Å². The molecule has 1 atom stereocenters. The molecule has 0 saturated carbocycles. The number of nitrogens with two attached hydrogens (primary N) is 1. The van der Waals surface area contributed by atoms with Gasteiger partial charge in [0.2, 0.25) is 0 Å². The van der Waals surface area contributed by atoms with Gasteiger partial charge in [0.25, 0.3) is 0 Å². The summed E-state index contributed by atoms with van der Waals surface area (Å²) in [7, 11) is 0. The summed E-state index contributed by atoms with van der Waals surface area (Å²) < 4.78 is 13.8. The molecule has 0 aliphatic heterocycles. The van der Waals surface area contributed by atoms with Crippen LogP contribution < -0.4 is 5.73 Å². The van der Waals surface area contributed by atoms with Gasteiger partial charge in [-0.25, -0.2) is 14.4 Å². The second kappa shape index (κ2) is 5.33. The Morgan fingerprint density at radius 1 is 1.35 bits per heavy atom. The van der Waals surface area contributed by atoms with Gasteiger partial charge in [-0.2, -0.15) is 0 Å². The Hall–Kier alpha value is -1.33. The second-order valence-electron chi connectivity index (χ2n) is 3.66. The summed E-state index contributed by atoms with van der Waals surface area (Å²) in [5.41, 5.74) is 7.59. The number of rotatable bonds is 3. The third-order valence-corrected chi connectivity index (χ3v) is 3.34. The van der Waals surface area contributed by atoms with Crippen molar-refractivity contribution in [3.05, 3.63) is 58.3 Å². The monoisotopic (exact) mass is 295 g/mol. The summed E-state index contributed by atoms with van der Waals surface area (Å²) in [6.45, 7) is 0. The lowest BCUT2D eigenvalue weighted by Crippen LogP contribution is -2.15. The summed E-state index contributed by atoms with van der Waals surface area (Å²) >= 11 is 3.22. The number of halogens is 2. The normalized spacial score (nSPS) is 12.4. The summed E-state index contributed by atoms with van der Waals surface area (Å²) in [5.74, 6) is -0.280. The second-order valence-corrected chi connectivity index (χ2v) is 4.45. The first-order chi connectivity index (χ1) is 8.18. The maximum atomic E-state index is 13.3. The van der Waals surface area contributed by atoms with Gasteiger partial charge in [-0.3, -0.25) is 0 Å². The van der Waals surface area contributed by atoms with Gasteiger partial charge in [0.15, 0.2) is 0 Å². The van der Waals surface area contributed by atoms with E-state index < -0.39 is 0 Å². The highest BCUT2D eigenvalue weighted by molar-refractivity contribution is 9.10. The molecule has 0 spiro atoms. The summed E-state index contributed by atoms with van der Waals surface area (Å²) in [6.07, 6.45) is 3.62. The Morgan fingerprint density at radius 3 is 2.88 bits per heavy atom. The Labute approximate surface area is 107 Å². The van der Waals surface area contributed by atoms with Gasteiger partial charge in [-0.1, -0.05) is 12.1 Å². The minimum atomic E-state index is -0.280. The molecule has 0 radical (unpaired) electrons. The van der Waals surface area contributed by atoms with E-state index in [0.717, 1.165) is 11.3 Å². The fraction of sp³-hybridized carbons (Fsp3) is 0.167. The number of benzene rings is 1. The molecule has 2 N–H and O–H groups in total. The zero-order valence-corrected chi connectivity index (χ0v) is 10.6. The first-order valence-corrected chi connectivity index (χ1v) is 5.92. The molecule has 5 heteroatoms. The van der Waals surface area contributed by atoms with Crippen LogP contribution in [0, 0.1) is 5.82 Å². The van der Waals surface area contributed by atoms with E-state index in [1.165, 1.54) is 12.4 Å². The fourth-order valence-electron chi connectivity index (χ4n) is 1.57. The van der Waals surface area contributed by atoms with Gasteiger partial charge >= 0.3 is 0 Å². The molecule has 2 rings (SSSR count). The van der Waals surface area contributed by atoms with Gasteiger partial charge in [0.1, 0.15) is 12.1 Å². The molecular weight excluding hydrogens is 285 g/mol. The van der Waals surface area contributed by atoms with E-state index in [-0.39, 0.29) is 11.9 Å². The molecule has 0 aliphatic carbocycles. The van der Waals surface area contributed by atoms with Crippen LogP contribution in [0.2, 0.25) is 0 Å². The van der Waals surface area contributed by atoms with Gasteiger partial charge in [-0.15, -0.1) is 0 Å². The van der Waals surface area contributed by atoms with Gasteiger partial charge < -0.3 is 5.73 Å². The molecule has 1 aromatic heterocycles. The lowest BCUT2D eigenvalue weighted by molar-refractivity contribution is 0.612. The predicted octanol–water partition coefficient (Wildman–Crippen LogP) is 2.62. The molecule has 17 heavy (non-hydrogen) atoms. The van der Waals surface area contributed by atoms with Crippen LogP contribution >= 0.6 is 15.9 Å². The number of hydrogen-bond acceptors (Lipinski definition) is 3. The van der Waals surface area contributed by atoms with Crippen molar-refractivity contribution in [2.45, 2.75) is 12.5 Å². The first kappa shape index (κ1) is 12.1. The van der Waals surface area contributed by atoms with Crippen LogP contribution in [0.15, 0.2) is 41.3 Å². The van der Waals surface area contributed by atoms with Crippen LogP contribution in [0.1, 0.15) is 17.3 Å². The minimum Gasteiger partial charge on any atom is -0.322 e. The highest BCUT2D eigenvalue weighted by atomic mass is 79.9. The lowest BCUT2D eigenvalue weighted by Gasteiger charge is -2.12. The van der Waals surface area contributed by atoms with E-state index in [1.807, 2.05) is 6.07 Å². The van der Waals surface area contributed by atoms with Crippen molar-refractivity contribution in [3.8, 4) is 0 Å². The molecule has 0 aliphatic rings. The average molecular weight is 296 g/mol. The van der Waals surface area contributed by atoms with E-state index in [2.05, 4.69) is 25.9 Å². The summed E-state index contributed by atoms with van der Waals surface area (Å²) in [6, 6.07) is 6.41. The van der Waals surface area contributed by atoms with Crippen molar-refractivity contribution in [2.75, 3.05) is 0 Å². The average Bonchev–Trinajstić information content (AvgIpc) is 2.36. The fourth-order valence-corrected chi connectivity index (χ4v) is 1.99. The van der Waals surface area contributed by atoms with Gasteiger partial charge in [0, 0.05) is 6.20 Å². The number of nitrogens with zero attached hydrogens (tertiary/aromatic N) is 2. The molecule has 88 valence electrons. The van der Waals surface area contributed by atoms with E-state index in [4.69, 9.17) is 5.73 Å². The Balaban J connectivity index is 2.19. The van der Waals surface area contributed by atoms with Crippen molar-refractivity contribution in [1.82, 2.24) is 9.97 Å². The minimum absolute atomic E-state index is 0.268. The standard InChI is InChI=1S/C12H11BrFN3/c13-12-8(2-1-3-9(12)14)6-10(15)11-4-5-16-7-17-11/h1-5,7,10H,6,15H2. The molecule has 0 bridgehead atoms. The van der Waals surface area contributed by atoms with Gasteiger partial charge in [0.05, 0.1) is 16.2 Å². The van der Waals surface area contributed by atoms with E-state index in [0.29, 0.717) is 10.9 Å². The maximum absolute atomic E-state index is 13.3. The Morgan fingerprint density at radius 2 is 2.18 bits per heavy atom. The van der Waals surface area contributed by atoms with Crippen LogP contribution in [0.25, 0.3) is 0 Å². The molecule has 2 aromatic rings. The lowest BCUT2D eigenvalue weighted by atomic mass is 10.0. The smallest absolute Gasteiger partial charge is 0.137 e. The topological polar surface area (TPSA) is 51.8 Å². The SMILES string of the molecule is NC(Cc1cccc(F)c1Br)c1ccncn1. The third-order valence-electron chi connectivity index (χ3n) is 2.46. The van der Waals surface area contributed by atoms with E-state index in [9.17, 15) is 4.39 Å². The predicted molar refractivity (Wildman–Crippen MR) is 66.8 cm³/mol.